The molecule has 0 saturated carbocycles. The van der Waals surface area contributed by atoms with Crippen LogP contribution in [0.4, 0.5) is 0 Å². The van der Waals surface area contributed by atoms with Gasteiger partial charge in [-0.05, 0) is 24.8 Å². The second kappa shape index (κ2) is 9.64. The summed E-state index contributed by atoms with van der Waals surface area (Å²) in [6.07, 6.45) is 7.51. The molecule has 0 aromatic rings. The molecule has 0 heterocycles. The average Bonchev–Trinajstić information content (AvgIpc) is 2.23. The van der Waals surface area contributed by atoms with Gasteiger partial charge in [0.15, 0.2) is 0 Å². The van der Waals surface area contributed by atoms with Gasteiger partial charge in [0.1, 0.15) is 0 Å². The minimum atomic E-state index is -0.728. The zero-order chi connectivity index (χ0) is 12.4. The molecule has 0 spiro atoms. The Kier molecular flexibility index (Phi) is 9.30. The molecule has 0 radical (unpaired) electrons. The van der Waals surface area contributed by atoms with Crippen LogP contribution in [-0.2, 0) is 4.79 Å². The van der Waals surface area contributed by atoms with Crippen molar-refractivity contribution in [3.05, 3.63) is 0 Å². The lowest BCUT2D eigenvalue weighted by Gasteiger charge is -2.17. The molecule has 0 rings (SSSR count). The number of aliphatic carboxylic acids is 1. The van der Waals surface area contributed by atoms with Gasteiger partial charge in [-0.2, -0.15) is 0 Å². The van der Waals surface area contributed by atoms with Crippen LogP contribution < -0.4 is 5.73 Å². The van der Waals surface area contributed by atoms with Gasteiger partial charge in [0.2, 0.25) is 0 Å². The molecule has 3 heteroatoms. The predicted molar refractivity (Wildman–Crippen MR) is 67.3 cm³/mol. The highest BCUT2D eigenvalue weighted by atomic mass is 16.4. The van der Waals surface area contributed by atoms with E-state index in [1.807, 2.05) is 0 Å². The first-order chi connectivity index (χ1) is 7.60. The van der Waals surface area contributed by atoms with E-state index in [0.29, 0.717) is 12.5 Å². The molecule has 0 aromatic carbocycles. The van der Waals surface area contributed by atoms with Crippen molar-refractivity contribution in [1.82, 2.24) is 0 Å². The van der Waals surface area contributed by atoms with Crippen molar-refractivity contribution in [3.63, 3.8) is 0 Å². The van der Waals surface area contributed by atoms with E-state index in [4.69, 9.17) is 10.8 Å². The summed E-state index contributed by atoms with van der Waals surface area (Å²) >= 11 is 0. The highest BCUT2D eigenvalue weighted by Crippen LogP contribution is 2.20. The highest BCUT2D eigenvalue weighted by molar-refractivity contribution is 5.67. The largest absolute Gasteiger partial charge is 0.481 e. The van der Waals surface area contributed by atoms with Crippen LogP contribution in [0.15, 0.2) is 0 Å². The van der Waals surface area contributed by atoms with Crippen LogP contribution in [-0.4, -0.2) is 17.6 Å². The number of carboxylic acid groups (broad SMARTS) is 1. The summed E-state index contributed by atoms with van der Waals surface area (Å²) in [7, 11) is 0. The third-order valence-electron chi connectivity index (χ3n) is 3.08. The van der Waals surface area contributed by atoms with Gasteiger partial charge in [-0.3, -0.25) is 4.79 Å². The molecule has 0 amide bonds. The predicted octanol–water partition coefficient (Wildman–Crippen LogP) is 3.03. The third kappa shape index (κ3) is 8.72. The maximum Gasteiger partial charge on any atom is 0.303 e. The van der Waals surface area contributed by atoms with Crippen molar-refractivity contribution in [2.24, 2.45) is 17.6 Å². The second-order valence-electron chi connectivity index (χ2n) is 4.89. The van der Waals surface area contributed by atoms with Crippen molar-refractivity contribution in [2.75, 3.05) is 6.54 Å². The SMILES string of the molecule is CCCCCCC(C)CC(CN)CC(=O)O. The first-order valence-corrected chi connectivity index (χ1v) is 6.52. The zero-order valence-electron chi connectivity index (χ0n) is 10.7. The fourth-order valence-corrected chi connectivity index (χ4v) is 2.12. The van der Waals surface area contributed by atoms with Crippen molar-refractivity contribution in [2.45, 2.75) is 58.8 Å². The van der Waals surface area contributed by atoms with E-state index < -0.39 is 5.97 Å². The molecular formula is C13H27NO2. The Morgan fingerprint density at radius 3 is 2.50 bits per heavy atom. The van der Waals surface area contributed by atoms with Crippen molar-refractivity contribution >= 4 is 5.97 Å². The molecule has 0 aliphatic heterocycles. The summed E-state index contributed by atoms with van der Waals surface area (Å²) in [5.41, 5.74) is 5.58. The Balaban J connectivity index is 3.65. The maximum atomic E-state index is 10.6. The molecule has 96 valence electrons. The van der Waals surface area contributed by atoms with E-state index in [1.165, 1.54) is 32.1 Å². The van der Waals surface area contributed by atoms with Crippen LogP contribution in [0.5, 0.6) is 0 Å². The highest BCUT2D eigenvalue weighted by Gasteiger charge is 2.14. The summed E-state index contributed by atoms with van der Waals surface area (Å²) in [5, 5.41) is 8.72. The van der Waals surface area contributed by atoms with Gasteiger partial charge in [0.25, 0.3) is 0 Å². The molecule has 0 aromatic heterocycles. The minimum Gasteiger partial charge on any atom is -0.481 e. The lowest BCUT2D eigenvalue weighted by molar-refractivity contribution is -0.138. The summed E-state index contributed by atoms with van der Waals surface area (Å²) in [4.78, 5) is 10.6. The van der Waals surface area contributed by atoms with Gasteiger partial charge >= 0.3 is 5.97 Å². The monoisotopic (exact) mass is 229 g/mol. The fraction of sp³-hybridized carbons (Fsp3) is 0.923. The zero-order valence-corrected chi connectivity index (χ0v) is 10.7. The number of hydrogen-bond donors (Lipinski definition) is 2. The van der Waals surface area contributed by atoms with Gasteiger partial charge in [0, 0.05) is 6.42 Å². The van der Waals surface area contributed by atoms with Crippen LogP contribution in [0.3, 0.4) is 0 Å². The van der Waals surface area contributed by atoms with E-state index in [9.17, 15) is 4.79 Å². The number of carboxylic acids is 1. The van der Waals surface area contributed by atoms with E-state index >= 15 is 0 Å². The number of nitrogens with two attached hydrogens (primary N) is 1. The normalized spacial score (nSPS) is 14.7. The molecule has 0 bridgehead atoms. The van der Waals surface area contributed by atoms with E-state index in [-0.39, 0.29) is 12.3 Å². The first kappa shape index (κ1) is 15.4. The van der Waals surface area contributed by atoms with E-state index in [1.54, 1.807) is 0 Å². The Morgan fingerprint density at radius 1 is 1.31 bits per heavy atom. The molecule has 3 N–H and O–H groups in total. The third-order valence-corrected chi connectivity index (χ3v) is 3.08. The van der Waals surface area contributed by atoms with Crippen molar-refractivity contribution in [3.8, 4) is 0 Å². The smallest absolute Gasteiger partial charge is 0.303 e. The number of carbonyl (C=O) groups is 1. The molecule has 0 saturated heterocycles. The molecule has 2 unspecified atom stereocenters. The van der Waals surface area contributed by atoms with Crippen LogP contribution >= 0.6 is 0 Å². The van der Waals surface area contributed by atoms with Gasteiger partial charge < -0.3 is 10.8 Å². The summed E-state index contributed by atoms with van der Waals surface area (Å²) in [6.45, 7) is 4.91. The van der Waals surface area contributed by atoms with Gasteiger partial charge in [0.05, 0.1) is 0 Å². The van der Waals surface area contributed by atoms with Gasteiger partial charge in [-0.1, -0.05) is 46.0 Å². The average molecular weight is 229 g/mol. The molecule has 16 heavy (non-hydrogen) atoms. The van der Waals surface area contributed by atoms with Crippen LogP contribution in [0.25, 0.3) is 0 Å². The standard InChI is InChI=1S/C13H27NO2/c1-3-4-5-6-7-11(2)8-12(10-14)9-13(15)16/h11-12H,3-10,14H2,1-2H3,(H,15,16). The molecule has 0 fully saturated rings. The lowest BCUT2D eigenvalue weighted by Crippen LogP contribution is -2.20. The van der Waals surface area contributed by atoms with Crippen LogP contribution in [0.1, 0.15) is 58.8 Å². The second-order valence-corrected chi connectivity index (χ2v) is 4.89. The first-order valence-electron chi connectivity index (χ1n) is 6.52. The minimum absolute atomic E-state index is 0.152. The van der Waals surface area contributed by atoms with Crippen molar-refractivity contribution < 1.29 is 9.90 Å². The topological polar surface area (TPSA) is 63.3 Å². The summed E-state index contributed by atoms with van der Waals surface area (Å²) in [5.74, 6) is 0.0251. The summed E-state index contributed by atoms with van der Waals surface area (Å²) in [6, 6.07) is 0. The molecular weight excluding hydrogens is 202 g/mol. The maximum absolute atomic E-state index is 10.6. The number of rotatable bonds is 10. The Labute approximate surface area is 99.4 Å². The van der Waals surface area contributed by atoms with Crippen molar-refractivity contribution in [1.29, 1.82) is 0 Å². The van der Waals surface area contributed by atoms with E-state index in [2.05, 4.69) is 13.8 Å². The molecule has 2 atom stereocenters. The molecule has 0 aliphatic rings. The lowest BCUT2D eigenvalue weighted by atomic mass is 9.90. The Bertz CT molecular complexity index is 183. The quantitative estimate of drug-likeness (QED) is 0.566. The van der Waals surface area contributed by atoms with E-state index in [0.717, 1.165) is 6.42 Å². The summed E-state index contributed by atoms with van der Waals surface area (Å²) < 4.78 is 0. The fourth-order valence-electron chi connectivity index (χ4n) is 2.12. The molecule has 0 aliphatic carbocycles. The van der Waals surface area contributed by atoms with Crippen LogP contribution in [0.2, 0.25) is 0 Å². The van der Waals surface area contributed by atoms with Crippen LogP contribution in [0, 0.1) is 11.8 Å². The van der Waals surface area contributed by atoms with Gasteiger partial charge in [-0.25, -0.2) is 0 Å². The van der Waals surface area contributed by atoms with Gasteiger partial charge in [-0.15, -0.1) is 0 Å². The number of unbranched alkanes of at least 4 members (excludes halogenated alkanes) is 3. The Hall–Kier alpha value is -0.570. The molecule has 3 nitrogen and oxygen atoms in total. The Morgan fingerprint density at radius 2 is 2.00 bits per heavy atom. The number of hydrogen-bond acceptors (Lipinski definition) is 2.